The first-order valence-electron chi connectivity index (χ1n) is 5.94. The highest BCUT2D eigenvalue weighted by atomic mass is 35.5. The lowest BCUT2D eigenvalue weighted by Gasteiger charge is -2.11. The van der Waals surface area contributed by atoms with Gasteiger partial charge in [0.25, 0.3) is 0 Å². The quantitative estimate of drug-likeness (QED) is 0.574. The molecule has 0 fully saturated rings. The molecule has 2 rings (SSSR count). The number of H-pyrrole nitrogens is 1. The third-order valence-electron chi connectivity index (χ3n) is 2.80. The van der Waals surface area contributed by atoms with E-state index >= 15 is 0 Å². The summed E-state index contributed by atoms with van der Waals surface area (Å²) in [5.74, 6) is 1.02. The highest BCUT2D eigenvalue weighted by Gasteiger charge is 2.03. The van der Waals surface area contributed by atoms with Gasteiger partial charge >= 0.3 is 0 Å². The van der Waals surface area contributed by atoms with Gasteiger partial charge in [-0.2, -0.15) is 0 Å². The Morgan fingerprint density at radius 3 is 3.00 bits per heavy atom. The van der Waals surface area contributed by atoms with Crippen molar-refractivity contribution < 1.29 is 0 Å². The molecule has 0 aliphatic carbocycles. The maximum Gasteiger partial charge on any atom is 0.106 e. The fourth-order valence-corrected chi connectivity index (χ4v) is 1.97. The molecule has 1 aromatic carbocycles. The van der Waals surface area contributed by atoms with Gasteiger partial charge in [-0.15, -0.1) is 0 Å². The molecule has 0 saturated heterocycles. The zero-order valence-corrected chi connectivity index (χ0v) is 11.1. The van der Waals surface area contributed by atoms with E-state index in [1.54, 1.807) is 6.20 Å². The lowest BCUT2D eigenvalue weighted by Crippen LogP contribution is -2.05. The fourth-order valence-electron chi connectivity index (χ4n) is 1.81. The molecule has 0 saturated carbocycles. The van der Waals surface area contributed by atoms with Crippen molar-refractivity contribution in [2.75, 3.05) is 17.6 Å². The van der Waals surface area contributed by atoms with Crippen molar-refractivity contribution in [3.05, 3.63) is 40.9 Å². The minimum absolute atomic E-state index is 0.592. The molecule has 0 aliphatic rings. The van der Waals surface area contributed by atoms with Crippen LogP contribution in [-0.2, 0) is 6.42 Å². The second-order valence-electron chi connectivity index (χ2n) is 4.25. The Bertz CT molecular complexity index is 508. The molecule has 18 heavy (non-hydrogen) atoms. The molecular weight excluding hydrogens is 248 g/mol. The smallest absolute Gasteiger partial charge is 0.106 e. The molecule has 5 heteroatoms. The molecule has 0 bridgehead atoms. The number of aromatic nitrogens is 2. The molecule has 0 amide bonds. The summed E-state index contributed by atoms with van der Waals surface area (Å²) < 4.78 is 0. The topological polar surface area (TPSA) is 66.7 Å². The van der Waals surface area contributed by atoms with Gasteiger partial charge in [0.1, 0.15) is 5.82 Å². The van der Waals surface area contributed by atoms with Crippen LogP contribution in [0.4, 0.5) is 11.4 Å². The number of rotatable bonds is 5. The Balaban J connectivity index is 1.85. The zero-order chi connectivity index (χ0) is 13.0. The minimum Gasteiger partial charge on any atom is -0.398 e. The van der Waals surface area contributed by atoms with Gasteiger partial charge in [0.2, 0.25) is 0 Å². The van der Waals surface area contributed by atoms with E-state index in [0.717, 1.165) is 36.5 Å². The molecule has 0 spiro atoms. The van der Waals surface area contributed by atoms with Gasteiger partial charge in [-0.3, -0.25) is 0 Å². The Labute approximate surface area is 112 Å². The standard InChI is InChI=1S/C13H17ClN4/c1-9-7-11(15)10(14)8-12(9)16-4-2-3-13-17-5-6-18-13/h5-8,16H,2-4,15H2,1H3,(H,17,18). The van der Waals surface area contributed by atoms with Gasteiger partial charge in [0.15, 0.2) is 0 Å². The van der Waals surface area contributed by atoms with Crippen LogP contribution in [0.2, 0.25) is 5.02 Å². The van der Waals surface area contributed by atoms with Crippen LogP contribution in [0, 0.1) is 6.92 Å². The molecule has 1 heterocycles. The Morgan fingerprint density at radius 1 is 1.44 bits per heavy atom. The SMILES string of the molecule is Cc1cc(N)c(Cl)cc1NCCCc1ncc[nH]1. The fraction of sp³-hybridized carbons (Fsp3) is 0.308. The van der Waals surface area contributed by atoms with Crippen LogP contribution >= 0.6 is 11.6 Å². The number of nitrogen functional groups attached to an aromatic ring is 1. The molecule has 4 N–H and O–H groups in total. The van der Waals surface area contributed by atoms with Crippen molar-refractivity contribution in [1.82, 2.24) is 9.97 Å². The van der Waals surface area contributed by atoms with E-state index in [1.807, 2.05) is 25.3 Å². The van der Waals surface area contributed by atoms with E-state index < -0.39 is 0 Å². The second kappa shape index (κ2) is 5.78. The first-order valence-corrected chi connectivity index (χ1v) is 6.32. The largest absolute Gasteiger partial charge is 0.398 e. The number of nitrogens with two attached hydrogens (primary N) is 1. The number of imidazole rings is 1. The highest BCUT2D eigenvalue weighted by Crippen LogP contribution is 2.26. The Hall–Kier alpha value is -1.68. The van der Waals surface area contributed by atoms with Crippen LogP contribution < -0.4 is 11.1 Å². The Kier molecular flexibility index (Phi) is 4.10. The van der Waals surface area contributed by atoms with E-state index in [4.69, 9.17) is 17.3 Å². The number of nitrogens with zero attached hydrogens (tertiary/aromatic N) is 1. The molecular formula is C13H17ClN4. The van der Waals surface area contributed by atoms with Crippen molar-refractivity contribution in [2.45, 2.75) is 19.8 Å². The molecule has 2 aromatic rings. The molecule has 1 aromatic heterocycles. The lowest BCUT2D eigenvalue weighted by molar-refractivity contribution is 0.816. The number of benzene rings is 1. The number of halogens is 1. The van der Waals surface area contributed by atoms with Crippen LogP contribution in [0.1, 0.15) is 17.8 Å². The summed E-state index contributed by atoms with van der Waals surface area (Å²) in [6.07, 6.45) is 5.55. The lowest BCUT2D eigenvalue weighted by atomic mass is 10.1. The summed E-state index contributed by atoms with van der Waals surface area (Å²) in [5.41, 5.74) is 8.50. The van der Waals surface area contributed by atoms with Crippen LogP contribution in [0.5, 0.6) is 0 Å². The average molecular weight is 265 g/mol. The average Bonchev–Trinajstić information content (AvgIpc) is 2.84. The maximum atomic E-state index is 6.00. The van der Waals surface area contributed by atoms with Crippen molar-refractivity contribution in [3.8, 4) is 0 Å². The van der Waals surface area contributed by atoms with Crippen molar-refractivity contribution in [1.29, 1.82) is 0 Å². The number of anilines is 2. The van der Waals surface area contributed by atoms with Gasteiger partial charge in [-0.1, -0.05) is 11.6 Å². The van der Waals surface area contributed by atoms with E-state index in [-0.39, 0.29) is 0 Å². The number of hydrogen-bond donors (Lipinski definition) is 3. The predicted molar refractivity (Wildman–Crippen MR) is 76.0 cm³/mol. The zero-order valence-electron chi connectivity index (χ0n) is 10.3. The monoisotopic (exact) mass is 264 g/mol. The van der Waals surface area contributed by atoms with E-state index in [1.165, 1.54) is 0 Å². The molecule has 0 unspecified atom stereocenters. The predicted octanol–water partition coefficient (Wildman–Crippen LogP) is 3.00. The number of aromatic amines is 1. The minimum atomic E-state index is 0.592. The third kappa shape index (κ3) is 3.17. The molecule has 0 aliphatic heterocycles. The molecule has 0 radical (unpaired) electrons. The molecule has 0 atom stereocenters. The number of aryl methyl sites for hydroxylation is 2. The van der Waals surface area contributed by atoms with E-state index in [2.05, 4.69) is 15.3 Å². The van der Waals surface area contributed by atoms with Gasteiger partial charge < -0.3 is 16.0 Å². The van der Waals surface area contributed by atoms with Gasteiger partial charge in [0, 0.05) is 31.0 Å². The molecule has 4 nitrogen and oxygen atoms in total. The van der Waals surface area contributed by atoms with Gasteiger partial charge in [-0.25, -0.2) is 4.98 Å². The van der Waals surface area contributed by atoms with Crippen LogP contribution in [0.15, 0.2) is 24.5 Å². The summed E-state index contributed by atoms with van der Waals surface area (Å²) >= 11 is 6.00. The first-order chi connectivity index (χ1) is 8.66. The number of nitrogens with one attached hydrogen (secondary N) is 2. The van der Waals surface area contributed by atoms with Crippen molar-refractivity contribution >= 4 is 23.0 Å². The highest BCUT2D eigenvalue weighted by molar-refractivity contribution is 6.33. The van der Waals surface area contributed by atoms with Gasteiger partial charge in [0.05, 0.1) is 10.7 Å². The first kappa shape index (κ1) is 12.8. The van der Waals surface area contributed by atoms with Gasteiger partial charge in [-0.05, 0) is 31.0 Å². The summed E-state index contributed by atoms with van der Waals surface area (Å²) in [6, 6.07) is 3.76. The van der Waals surface area contributed by atoms with Crippen molar-refractivity contribution in [3.63, 3.8) is 0 Å². The Morgan fingerprint density at radius 2 is 2.28 bits per heavy atom. The normalized spacial score (nSPS) is 10.6. The van der Waals surface area contributed by atoms with Crippen LogP contribution in [-0.4, -0.2) is 16.5 Å². The van der Waals surface area contributed by atoms with Crippen LogP contribution in [0.3, 0.4) is 0 Å². The summed E-state index contributed by atoms with van der Waals surface area (Å²) in [4.78, 5) is 7.27. The third-order valence-corrected chi connectivity index (χ3v) is 3.13. The maximum absolute atomic E-state index is 6.00. The summed E-state index contributed by atoms with van der Waals surface area (Å²) in [6.45, 7) is 2.89. The summed E-state index contributed by atoms with van der Waals surface area (Å²) in [5, 5.41) is 3.95. The van der Waals surface area contributed by atoms with E-state index in [0.29, 0.717) is 10.7 Å². The molecule has 96 valence electrons. The van der Waals surface area contributed by atoms with E-state index in [9.17, 15) is 0 Å². The second-order valence-corrected chi connectivity index (χ2v) is 4.66. The van der Waals surface area contributed by atoms with Crippen molar-refractivity contribution in [2.24, 2.45) is 0 Å². The summed E-state index contributed by atoms with van der Waals surface area (Å²) in [7, 11) is 0. The van der Waals surface area contributed by atoms with Crippen LogP contribution in [0.25, 0.3) is 0 Å². The number of hydrogen-bond acceptors (Lipinski definition) is 3.